The molecule has 2 aromatic rings. The highest BCUT2D eigenvalue weighted by Crippen LogP contribution is 2.29. The maximum absolute atomic E-state index is 9.62. The number of rotatable bonds is 5. The van der Waals surface area contributed by atoms with Crippen molar-refractivity contribution in [3.63, 3.8) is 0 Å². The van der Waals surface area contributed by atoms with Gasteiger partial charge < -0.3 is 9.84 Å². The predicted octanol–water partition coefficient (Wildman–Crippen LogP) is 4.43. The minimum absolute atomic E-state index is 0.0361. The molecule has 0 aliphatic rings. The molecule has 0 aliphatic carbocycles. The fourth-order valence-corrected chi connectivity index (χ4v) is 2.96. The summed E-state index contributed by atoms with van der Waals surface area (Å²) in [6.45, 7) is 0.0873. The van der Waals surface area contributed by atoms with Gasteiger partial charge in [0, 0.05) is 10.9 Å². The zero-order chi connectivity index (χ0) is 14.5. The van der Waals surface area contributed by atoms with E-state index in [1.807, 2.05) is 42.5 Å². The summed E-state index contributed by atoms with van der Waals surface area (Å²) in [7, 11) is 1.64. The van der Waals surface area contributed by atoms with Gasteiger partial charge in [0.1, 0.15) is 5.75 Å². The molecule has 0 spiro atoms. The van der Waals surface area contributed by atoms with Gasteiger partial charge in [0.15, 0.2) is 0 Å². The van der Waals surface area contributed by atoms with E-state index in [0.717, 1.165) is 27.8 Å². The molecular weight excluding hydrogens is 340 g/mol. The van der Waals surface area contributed by atoms with Gasteiger partial charge in [-0.2, -0.15) is 0 Å². The summed E-state index contributed by atoms with van der Waals surface area (Å²) < 4.78 is 6.13. The highest BCUT2D eigenvalue weighted by atomic mass is 79.9. The molecule has 0 bridgehead atoms. The standard InChI is InChI=1S/C16H16BrClO2/c1-20-16-6-5-11(8-15(16)17)7-13(10-19)12-3-2-4-14(18)9-12/h2-6,8-9,13,19H,7,10H2,1H3. The molecule has 2 aromatic carbocycles. The molecule has 0 aromatic heterocycles. The highest BCUT2D eigenvalue weighted by molar-refractivity contribution is 9.10. The van der Waals surface area contributed by atoms with E-state index in [-0.39, 0.29) is 12.5 Å². The molecule has 4 heteroatoms. The topological polar surface area (TPSA) is 29.5 Å². The summed E-state index contributed by atoms with van der Waals surface area (Å²) in [5.74, 6) is 0.839. The summed E-state index contributed by atoms with van der Waals surface area (Å²) in [6.07, 6.45) is 0.749. The van der Waals surface area contributed by atoms with Gasteiger partial charge >= 0.3 is 0 Å². The first-order valence-corrected chi connectivity index (χ1v) is 7.50. The van der Waals surface area contributed by atoms with Gasteiger partial charge in [0.2, 0.25) is 0 Å². The quantitative estimate of drug-likeness (QED) is 0.860. The number of aliphatic hydroxyl groups is 1. The summed E-state index contributed by atoms with van der Waals surface area (Å²) in [5.41, 5.74) is 2.18. The number of hydrogen-bond donors (Lipinski definition) is 1. The van der Waals surface area contributed by atoms with Crippen molar-refractivity contribution in [2.24, 2.45) is 0 Å². The van der Waals surface area contributed by atoms with Crippen molar-refractivity contribution in [2.75, 3.05) is 13.7 Å². The molecule has 0 heterocycles. The van der Waals surface area contributed by atoms with Crippen LogP contribution in [0.5, 0.6) is 5.75 Å². The van der Waals surface area contributed by atoms with Crippen molar-refractivity contribution in [1.82, 2.24) is 0 Å². The number of methoxy groups -OCH3 is 1. The lowest BCUT2D eigenvalue weighted by molar-refractivity contribution is 0.264. The van der Waals surface area contributed by atoms with Crippen molar-refractivity contribution in [2.45, 2.75) is 12.3 Å². The van der Waals surface area contributed by atoms with E-state index < -0.39 is 0 Å². The number of hydrogen-bond acceptors (Lipinski definition) is 2. The van der Waals surface area contributed by atoms with Crippen molar-refractivity contribution in [1.29, 1.82) is 0 Å². The van der Waals surface area contributed by atoms with Crippen LogP contribution < -0.4 is 4.74 Å². The Bertz CT molecular complexity index is 586. The molecular formula is C16H16BrClO2. The summed E-state index contributed by atoms with van der Waals surface area (Å²) in [5, 5.41) is 10.3. The van der Waals surface area contributed by atoms with Gasteiger partial charge in [0.05, 0.1) is 18.2 Å². The molecule has 106 valence electrons. The van der Waals surface area contributed by atoms with Gasteiger partial charge in [-0.3, -0.25) is 0 Å². The van der Waals surface area contributed by atoms with Crippen LogP contribution in [0.3, 0.4) is 0 Å². The highest BCUT2D eigenvalue weighted by Gasteiger charge is 2.13. The second kappa shape index (κ2) is 7.11. The average Bonchev–Trinajstić information content (AvgIpc) is 2.45. The molecule has 0 radical (unpaired) electrons. The lowest BCUT2D eigenvalue weighted by Gasteiger charge is -2.16. The van der Waals surface area contributed by atoms with Crippen LogP contribution in [0.25, 0.3) is 0 Å². The third-order valence-electron chi connectivity index (χ3n) is 3.24. The van der Waals surface area contributed by atoms with Crippen LogP contribution in [0.2, 0.25) is 5.02 Å². The zero-order valence-corrected chi connectivity index (χ0v) is 13.5. The van der Waals surface area contributed by atoms with Gasteiger partial charge in [-0.05, 0) is 57.7 Å². The fourth-order valence-electron chi connectivity index (χ4n) is 2.17. The zero-order valence-electron chi connectivity index (χ0n) is 11.1. The van der Waals surface area contributed by atoms with Crippen LogP contribution >= 0.6 is 27.5 Å². The third kappa shape index (κ3) is 3.75. The van der Waals surface area contributed by atoms with Crippen LogP contribution in [-0.4, -0.2) is 18.8 Å². The number of ether oxygens (including phenoxy) is 1. The Morgan fingerprint density at radius 1 is 1.25 bits per heavy atom. The normalized spacial score (nSPS) is 12.2. The summed E-state index contributed by atoms with van der Waals surface area (Å²) >= 11 is 9.49. The van der Waals surface area contributed by atoms with Crippen LogP contribution in [0.4, 0.5) is 0 Å². The van der Waals surface area contributed by atoms with E-state index in [1.54, 1.807) is 7.11 Å². The molecule has 2 rings (SSSR count). The number of aliphatic hydroxyl groups excluding tert-OH is 1. The van der Waals surface area contributed by atoms with Gasteiger partial charge in [0.25, 0.3) is 0 Å². The monoisotopic (exact) mass is 354 g/mol. The second-order valence-electron chi connectivity index (χ2n) is 4.61. The van der Waals surface area contributed by atoms with Gasteiger partial charge in [-0.25, -0.2) is 0 Å². The van der Waals surface area contributed by atoms with Crippen LogP contribution in [0.1, 0.15) is 17.0 Å². The predicted molar refractivity (Wildman–Crippen MR) is 85.7 cm³/mol. The molecule has 0 aliphatic heterocycles. The van der Waals surface area contributed by atoms with E-state index in [0.29, 0.717) is 5.02 Å². The molecule has 2 nitrogen and oxygen atoms in total. The molecule has 1 atom stereocenters. The smallest absolute Gasteiger partial charge is 0.133 e. The van der Waals surface area contributed by atoms with Crippen molar-refractivity contribution < 1.29 is 9.84 Å². The van der Waals surface area contributed by atoms with Crippen LogP contribution in [0.15, 0.2) is 46.9 Å². The molecule has 1 unspecified atom stereocenters. The van der Waals surface area contributed by atoms with Crippen molar-refractivity contribution in [3.8, 4) is 5.75 Å². The Morgan fingerprint density at radius 3 is 2.65 bits per heavy atom. The molecule has 20 heavy (non-hydrogen) atoms. The Kier molecular flexibility index (Phi) is 5.46. The first-order valence-electron chi connectivity index (χ1n) is 6.32. The van der Waals surface area contributed by atoms with E-state index in [4.69, 9.17) is 16.3 Å². The minimum Gasteiger partial charge on any atom is -0.496 e. The molecule has 0 saturated carbocycles. The maximum atomic E-state index is 9.62. The first kappa shape index (κ1) is 15.4. The molecule has 0 amide bonds. The van der Waals surface area contributed by atoms with Crippen LogP contribution in [-0.2, 0) is 6.42 Å². The maximum Gasteiger partial charge on any atom is 0.133 e. The second-order valence-corrected chi connectivity index (χ2v) is 5.90. The third-order valence-corrected chi connectivity index (χ3v) is 4.09. The Hall–Kier alpha value is -1.03. The van der Waals surface area contributed by atoms with E-state index >= 15 is 0 Å². The number of halogens is 2. The van der Waals surface area contributed by atoms with Gasteiger partial charge in [-0.1, -0.05) is 29.8 Å². The Balaban J connectivity index is 2.20. The molecule has 0 fully saturated rings. The largest absolute Gasteiger partial charge is 0.496 e. The lowest BCUT2D eigenvalue weighted by atomic mass is 9.93. The molecule has 1 N–H and O–H groups in total. The fraction of sp³-hybridized carbons (Fsp3) is 0.250. The average molecular weight is 356 g/mol. The van der Waals surface area contributed by atoms with E-state index in [1.165, 1.54) is 0 Å². The van der Waals surface area contributed by atoms with Crippen LogP contribution in [0, 0.1) is 0 Å². The summed E-state index contributed by atoms with van der Waals surface area (Å²) in [6, 6.07) is 13.6. The minimum atomic E-state index is 0.0361. The first-order chi connectivity index (χ1) is 9.63. The lowest BCUT2D eigenvalue weighted by Crippen LogP contribution is -2.08. The Morgan fingerprint density at radius 2 is 2.05 bits per heavy atom. The van der Waals surface area contributed by atoms with E-state index in [9.17, 15) is 5.11 Å². The molecule has 0 saturated heterocycles. The summed E-state index contributed by atoms with van der Waals surface area (Å²) in [4.78, 5) is 0. The SMILES string of the molecule is COc1ccc(CC(CO)c2cccc(Cl)c2)cc1Br. The van der Waals surface area contributed by atoms with Gasteiger partial charge in [-0.15, -0.1) is 0 Å². The Labute approximate surface area is 132 Å². The number of benzene rings is 2. The van der Waals surface area contributed by atoms with Crippen molar-refractivity contribution >= 4 is 27.5 Å². The van der Waals surface area contributed by atoms with E-state index in [2.05, 4.69) is 15.9 Å². The van der Waals surface area contributed by atoms with Crippen molar-refractivity contribution in [3.05, 3.63) is 63.1 Å².